The van der Waals surface area contributed by atoms with Crippen molar-refractivity contribution in [2.45, 2.75) is 26.3 Å². The number of hydrogen-bond donors (Lipinski definition) is 1. The molecule has 0 bridgehead atoms. The maximum Gasteiger partial charge on any atom is 0.113 e. The van der Waals surface area contributed by atoms with E-state index in [0.29, 0.717) is 0 Å². The van der Waals surface area contributed by atoms with Crippen molar-refractivity contribution in [2.24, 2.45) is 0 Å². The van der Waals surface area contributed by atoms with Crippen molar-refractivity contribution in [3.8, 4) is 5.69 Å². The third-order valence-electron chi connectivity index (χ3n) is 2.87. The molecule has 1 heterocycles. The highest BCUT2D eigenvalue weighted by Gasteiger charge is 2.11. The number of para-hydroxylation sites is 1. The van der Waals surface area contributed by atoms with Gasteiger partial charge in [0, 0.05) is 25.4 Å². The Kier molecular flexibility index (Phi) is 4.39. The minimum atomic E-state index is 0.762. The molecule has 0 aliphatic rings. The molecular weight excluding hydrogens is 246 g/mol. The third kappa shape index (κ3) is 2.57. The monoisotopic (exact) mass is 263 g/mol. The van der Waals surface area contributed by atoms with Gasteiger partial charge in [-0.2, -0.15) is 0 Å². The van der Waals surface area contributed by atoms with Gasteiger partial charge in [0.25, 0.3) is 0 Å². The van der Waals surface area contributed by atoms with Crippen molar-refractivity contribution in [1.29, 1.82) is 0 Å². The quantitative estimate of drug-likeness (QED) is 0.898. The molecule has 0 amide bonds. The summed E-state index contributed by atoms with van der Waals surface area (Å²) < 4.78 is 2.10. The molecule has 1 N–H and O–H groups in total. The number of benzene rings is 1. The van der Waals surface area contributed by atoms with Crippen LogP contribution in [-0.2, 0) is 13.0 Å². The maximum absolute atomic E-state index is 6.35. The summed E-state index contributed by atoms with van der Waals surface area (Å²) in [5, 5.41) is 3.93. The predicted octanol–water partition coefficient (Wildman–Crippen LogP) is 3.20. The Hall–Kier alpha value is -1.32. The van der Waals surface area contributed by atoms with Crippen molar-refractivity contribution in [1.82, 2.24) is 14.9 Å². The molecule has 2 aromatic rings. The van der Waals surface area contributed by atoms with Gasteiger partial charge < -0.3 is 9.88 Å². The van der Waals surface area contributed by atoms with E-state index in [1.165, 1.54) is 5.56 Å². The number of aryl methyl sites for hydroxylation is 1. The van der Waals surface area contributed by atoms with Gasteiger partial charge >= 0.3 is 0 Å². The Labute approximate surface area is 113 Å². The molecule has 2 rings (SSSR count). The van der Waals surface area contributed by atoms with Crippen molar-refractivity contribution < 1.29 is 0 Å². The van der Waals surface area contributed by atoms with Gasteiger partial charge in [0.2, 0.25) is 0 Å². The molecule has 18 heavy (non-hydrogen) atoms. The molecule has 0 spiro atoms. The van der Waals surface area contributed by atoms with Gasteiger partial charge in [-0.1, -0.05) is 30.7 Å². The minimum absolute atomic E-state index is 0.762. The lowest BCUT2D eigenvalue weighted by Gasteiger charge is -2.14. The lowest BCUT2D eigenvalue weighted by Crippen LogP contribution is -2.10. The smallest absolute Gasteiger partial charge is 0.113 e. The van der Waals surface area contributed by atoms with Gasteiger partial charge in [0.05, 0.1) is 10.7 Å². The van der Waals surface area contributed by atoms with Gasteiger partial charge in [-0.25, -0.2) is 4.98 Å². The SMILES string of the molecule is CCCc1nccn1-c1c(Cl)cccc1CNC. The van der Waals surface area contributed by atoms with Gasteiger partial charge in [-0.3, -0.25) is 0 Å². The second-order valence-electron chi connectivity index (χ2n) is 4.24. The standard InChI is InChI=1S/C14H18ClN3/c1-3-5-13-17-8-9-18(13)14-11(10-16-2)6-4-7-12(14)15/h4,6-9,16H,3,5,10H2,1-2H3. The van der Waals surface area contributed by atoms with E-state index in [9.17, 15) is 0 Å². The molecule has 4 heteroatoms. The van der Waals surface area contributed by atoms with E-state index in [-0.39, 0.29) is 0 Å². The molecule has 0 radical (unpaired) electrons. The van der Waals surface area contributed by atoms with Crippen molar-refractivity contribution in [3.63, 3.8) is 0 Å². The molecule has 0 atom stereocenters. The fraction of sp³-hybridized carbons (Fsp3) is 0.357. The van der Waals surface area contributed by atoms with Gasteiger partial charge in [-0.05, 0) is 25.1 Å². The number of rotatable bonds is 5. The van der Waals surface area contributed by atoms with Gasteiger partial charge in [-0.15, -0.1) is 0 Å². The van der Waals surface area contributed by atoms with Crippen LogP contribution in [0, 0.1) is 0 Å². The lowest BCUT2D eigenvalue weighted by molar-refractivity contribution is 0.780. The van der Waals surface area contributed by atoms with Crippen molar-refractivity contribution >= 4 is 11.6 Å². The summed E-state index contributed by atoms with van der Waals surface area (Å²) >= 11 is 6.35. The summed E-state index contributed by atoms with van der Waals surface area (Å²) in [6.07, 6.45) is 5.84. The summed E-state index contributed by atoms with van der Waals surface area (Å²) in [4.78, 5) is 4.41. The molecular formula is C14H18ClN3. The maximum atomic E-state index is 6.35. The minimum Gasteiger partial charge on any atom is -0.316 e. The Balaban J connectivity index is 2.51. The fourth-order valence-electron chi connectivity index (χ4n) is 2.11. The van der Waals surface area contributed by atoms with E-state index in [4.69, 9.17) is 11.6 Å². The molecule has 96 valence electrons. The summed E-state index contributed by atoms with van der Waals surface area (Å²) in [5.74, 6) is 1.06. The predicted molar refractivity (Wildman–Crippen MR) is 75.3 cm³/mol. The van der Waals surface area contributed by atoms with Crippen LogP contribution < -0.4 is 5.32 Å². The van der Waals surface area contributed by atoms with Crippen molar-refractivity contribution in [2.75, 3.05) is 7.05 Å². The number of aromatic nitrogens is 2. The summed E-state index contributed by atoms with van der Waals surface area (Å²) in [5.41, 5.74) is 2.22. The molecule has 0 aliphatic heterocycles. The van der Waals surface area contributed by atoms with Crippen LogP contribution in [0.25, 0.3) is 5.69 Å². The van der Waals surface area contributed by atoms with Gasteiger partial charge in [0.1, 0.15) is 5.82 Å². The van der Waals surface area contributed by atoms with Crippen LogP contribution in [0.5, 0.6) is 0 Å². The van der Waals surface area contributed by atoms with Crippen LogP contribution in [0.4, 0.5) is 0 Å². The lowest BCUT2D eigenvalue weighted by atomic mass is 10.1. The number of hydrogen-bond acceptors (Lipinski definition) is 2. The first-order chi connectivity index (χ1) is 8.77. The second kappa shape index (κ2) is 6.03. The zero-order valence-corrected chi connectivity index (χ0v) is 11.5. The van der Waals surface area contributed by atoms with Crippen molar-refractivity contribution in [3.05, 3.63) is 47.0 Å². The largest absolute Gasteiger partial charge is 0.316 e. The van der Waals surface area contributed by atoms with E-state index in [2.05, 4.69) is 27.9 Å². The first-order valence-electron chi connectivity index (χ1n) is 6.22. The first kappa shape index (κ1) is 13.1. The number of nitrogens with one attached hydrogen (secondary N) is 1. The average Bonchev–Trinajstić information content (AvgIpc) is 2.78. The van der Waals surface area contributed by atoms with Crippen LogP contribution in [0.15, 0.2) is 30.6 Å². The molecule has 0 fully saturated rings. The summed E-state index contributed by atoms with van der Waals surface area (Å²) in [6, 6.07) is 5.99. The normalized spacial score (nSPS) is 10.8. The van der Waals surface area contributed by atoms with Crippen LogP contribution in [0.2, 0.25) is 5.02 Å². The highest BCUT2D eigenvalue weighted by atomic mass is 35.5. The highest BCUT2D eigenvalue weighted by molar-refractivity contribution is 6.32. The van der Waals surface area contributed by atoms with E-state index >= 15 is 0 Å². The fourth-order valence-corrected chi connectivity index (χ4v) is 2.39. The van der Waals surface area contributed by atoms with Crippen LogP contribution in [-0.4, -0.2) is 16.6 Å². The zero-order valence-electron chi connectivity index (χ0n) is 10.8. The Bertz CT molecular complexity index is 520. The van der Waals surface area contributed by atoms with Crippen LogP contribution >= 0.6 is 11.6 Å². The number of imidazole rings is 1. The second-order valence-corrected chi connectivity index (χ2v) is 4.65. The van der Waals surface area contributed by atoms with E-state index < -0.39 is 0 Å². The van der Waals surface area contributed by atoms with Crippen LogP contribution in [0.1, 0.15) is 24.7 Å². The molecule has 3 nitrogen and oxygen atoms in total. The Morgan fingerprint density at radius 3 is 2.94 bits per heavy atom. The van der Waals surface area contributed by atoms with E-state index in [1.54, 1.807) is 0 Å². The number of halogens is 1. The molecule has 0 saturated heterocycles. The Morgan fingerprint density at radius 2 is 2.22 bits per heavy atom. The summed E-state index contributed by atoms with van der Waals surface area (Å²) in [7, 11) is 1.94. The average molecular weight is 264 g/mol. The number of nitrogens with zero attached hydrogens (tertiary/aromatic N) is 2. The van der Waals surface area contributed by atoms with E-state index in [1.807, 2.05) is 31.6 Å². The first-order valence-corrected chi connectivity index (χ1v) is 6.60. The molecule has 0 saturated carbocycles. The highest BCUT2D eigenvalue weighted by Crippen LogP contribution is 2.26. The summed E-state index contributed by atoms with van der Waals surface area (Å²) in [6.45, 7) is 2.94. The third-order valence-corrected chi connectivity index (χ3v) is 3.17. The molecule has 0 unspecified atom stereocenters. The molecule has 1 aromatic heterocycles. The van der Waals surface area contributed by atoms with Gasteiger partial charge in [0.15, 0.2) is 0 Å². The van der Waals surface area contributed by atoms with E-state index in [0.717, 1.165) is 35.9 Å². The Morgan fingerprint density at radius 1 is 1.39 bits per heavy atom. The molecule has 1 aromatic carbocycles. The molecule has 0 aliphatic carbocycles. The zero-order chi connectivity index (χ0) is 13.0. The van der Waals surface area contributed by atoms with Crippen LogP contribution in [0.3, 0.4) is 0 Å². The topological polar surface area (TPSA) is 29.9 Å².